The fraction of sp³-hybridized carbons (Fsp3) is 0.481. The number of hydrogen-bond donors (Lipinski definition) is 1. The maximum absolute atomic E-state index is 13.4. The molecule has 2 atom stereocenters. The number of nitrogens with one attached hydrogen (secondary N) is 1. The third-order valence-corrected chi connectivity index (χ3v) is 7.67. The third kappa shape index (κ3) is 9.34. The molecular formula is C27H38BrN3O5S. The number of carbonyl (C=O) groups excluding carboxylic acids is 2. The van der Waals surface area contributed by atoms with E-state index >= 15 is 0 Å². The predicted molar refractivity (Wildman–Crippen MR) is 151 cm³/mol. The fourth-order valence-corrected chi connectivity index (χ4v) is 5.22. The third-order valence-electron chi connectivity index (χ3n) is 6.00. The van der Waals surface area contributed by atoms with Crippen LogP contribution in [0.15, 0.2) is 53.0 Å². The van der Waals surface area contributed by atoms with Gasteiger partial charge in [-0.1, -0.05) is 47.1 Å². The zero-order chi connectivity index (χ0) is 27.6. The number of nitrogens with zero attached hydrogens (tertiary/aromatic N) is 2. The Labute approximate surface area is 229 Å². The molecule has 0 unspecified atom stereocenters. The monoisotopic (exact) mass is 595 g/mol. The molecule has 1 N–H and O–H groups in total. The van der Waals surface area contributed by atoms with Crippen molar-refractivity contribution in [1.82, 2.24) is 10.2 Å². The summed E-state index contributed by atoms with van der Waals surface area (Å²) in [7, 11) is -3.62. The highest BCUT2D eigenvalue weighted by molar-refractivity contribution is 9.10. The second-order valence-corrected chi connectivity index (χ2v) is 11.8. The van der Waals surface area contributed by atoms with Crippen molar-refractivity contribution in [2.45, 2.75) is 65.6 Å². The molecule has 0 radical (unpaired) electrons. The summed E-state index contributed by atoms with van der Waals surface area (Å²) >= 11 is 3.46. The van der Waals surface area contributed by atoms with Crippen LogP contribution in [0.4, 0.5) is 5.69 Å². The molecule has 2 aromatic carbocycles. The SMILES string of the molecule is CCOc1ccccc1N(CCCC(=O)N(Cc1cccc(Br)c1)[C@H](C)C(=O)N[C@H](C)CC)S(C)(=O)=O. The van der Waals surface area contributed by atoms with E-state index in [1.807, 2.05) is 45.0 Å². The number of amides is 2. The quantitative estimate of drug-likeness (QED) is 0.341. The molecule has 2 amide bonds. The minimum atomic E-state index is -3.62. The first-order valence-electron chi connectivity index (χ1n) is 12.5. The van der Waals surface area contributed by atoms with Gasteiger partial charge >= 0.3 is 0 Å². The zero-order valence-corrected chi connectivity index (χ0v) is 24.6. The number of halogens is 1. The van der Waals surface area contributed by atoms with Gasteiger partial charge in [-0.15, -0.1) is 0 Å². The van der Waals surface area contributed by atoms with Crippen LogP contribution in [-0.4, -0.2) is 56.6 Å². The molecule has 2 rings (SSSR count). The Balaban J connectivity index is 2.21. The fourth-order valence-electron chi connectivity index (χ4n) is 3.80. The van der Waals surface area contributed by atoms with Crippen molar-refractivity contribution in [3.8, 4) is 5.75 Å². The maximum atomic E-state index is 13.4. The number of ether oxygens (including phenoxy) is 1. The summed E-state index contributed by atoms with van der Waals surface area (Å²) in [6, 6.07) is 13.8. The highest BCUT2D eigenvalue weighted by Crippen LogP contribution is 2.30. The van der Waals surface area contributed by atoms with Gasteiger partial charge in [-0.05, 0) is 63.4 Å². The van der Waals surface area contributed by atoms with E-state index in [1.165, 1.54) is 4.31 Å². The maximum Gasteiger partial charge on any atom is 0.242 e. The van der Waals surface area contributed by atoms with Crippen molar-refractivity contribution in [1.29, 1.82) is 0 Å². The molecule has 2 aromatic rings. The summed E-state index contributed by atoms with van der Waals surface area (Å²) in [6.45, 7) is 8.22. The van der Waals surface area contributed by atoms with Crippen molar-refractivity contribution in [2.75, 3.05) is 23.7 Å². The Bertz CT molecular complexity index is 1160. The number of para-hydroxylation sites is 2. The normalized spacial score (nSPS) is 12.9. The molecular weight excluding hydrogens is 558 g/mol. The summed E-state index contributed by atoms with van der Waals surface area (Å²) in [5.41, 5.74) is 1.32. The van der Waals surface area contributed by atoms with Crippen LogP contribution < -0.4 is 14.4 Å². The summed E-state index contributed by atoms with van der Waals surface area (Å²) in [6.07, 6.45) is 2.28. The van der Waals surface area contributed by atoms with Gasteiger partial charge in [0.2, 0.25) is 21.8 Å². The van der Waals surface area contributed by atoms with Gasteiger partial charge in [0.15, 0.2) is 0 Å². The van der Waals surface area contributed by atoms with Gasteiger partial charge in [-0.2, -0.15) is 0 Å². The molecule has 10 heteroatoms. The minimum absolute atomic E-state index is 0.00787. The average molecular weight is 597 g/mol. The van der Waals surface area contributed by atoms with Gasteiger partial charge in [-0.3, -0.25) is 13.9 Å². The van der Waals surface area contributed by atoms with Crippen LogP contribution in [0.25, 0.3) is 0 Å². The summed E-state index contributed by atoms with van der Waals surface area (Å²) in [5.74, 6) is 0.0211. The summed E-state index contributed by atoms with van der Waals surface area (Å²) < 4.78 is 33.0. The van der Waals surface area contributed by atoms with Gasteiger partial charge in [0.1, 0.15) is 11.8 Å². The van der Waals surface area contributed by atoms with Crippen molar-refractivity contribution >= 4 is 43.5 Å². The van der Waals surface area contributed by atoms with Gasteiger partial charge in [0.25, 0.3) is 0 Å². The van der Waals surface area contributed by atoms with Crippen LogP contribution in [0.2, 0.25) is 0 Å². The second kappa shape index (κ2) is 14.4. The summed E-state index contributed by atoms with van der Waals surface area (Å²) in [4.78, 5) is 27.9. The van der Waals surface area contributed by atoms with Crippen LogP contribution in [0.1, 0.15) is 52.5 Å². The molecule has 37 heavy (non-hydrogen) atoms. The van der Waals surface area contributed by atoms with Crippen LogP contribution in [0.3, 0.4) is 0 Å². The van der Waals surface area contributed by atoms with Crippen LogP contribution in [-0.2, 0) is 26.2 Å². The van der Waals surface area contributed by atoms with E-state index in [9.17, 15) is 18.0 Å². The van der Waals surface area contributed by atoms with Crippen molar-refractivity contribution in [2.24, 2.45) is 0 Å². The van der Waals surface area contributed by atoms with Crippen molar-refractivity contribution < 1.29 is 22.7 Å². The van der Waals surface area contributed by atoms with Gasteiger partial charge in [0.05, 0.1) is 18.6 Å². The molecule has 0 spiro atoms. The first-order valence-corrected chi connectivity index (χ1v) is 15.2. The molecule has 0 fully saturated rings. The van der Waals surface area contributed by atoms with Crippen LogP contribution >= 0.6 is 15.9 Å². The lowest BCUT2D eigenvalue weighted by Crippen LogP contribution is -2.49. The van der Waals surface area contributed by atoms with E-state index in [0.717, 1.165) is 22.7 Å². The lowest BCUT2D eigenvalue weighted by molar-refractivity contribution is -0.140. The number of anilines is 1. The smallest absolute Gasteiger partial charge is 0.242 e. The Kier molecular flexibility index (Phi) is 11.9. The average Bonchev–Trinajstić information content (AvgIpc) is 2.84. The number of hydrogen-bond acceptors (Lipinski definition) is 5. The first kappa shape index (κ1) is 30.6. The number of rotatable bonds is 14. The summed E-state index contributed by atoms with van der Waals surface area (Å²) in [5, 5.41) is 2.95. The topological polar surface area (TPSA) is 96.0 Å². The Morgan fingerprint density at radius 3 is 2.41 bits per heavy atom. The number of benzene rings is 2. The molecule has 0 aliphatic heterocycles. The number of carbonyl (C=O) groups is 2. The van der Waals surface area contributed by atoms with E-state index in [1.54, 1.807) is 36.1 Å². The van der Waals surface area contributed by atoms with Gasteiger partial charge in [0, 0.05) is 30.0 Å². The molecule has 8 nitrogen and oxygen atoms in total. The van der Waals surface area contributed by atoms with E-state index in [4.69, 9.17) is 4.74 Å². The lowest BCUT2D eigenvalue weighted by atomic mass is 10.1. The molecule has 0 aliphatic carbocycles. The standard InChI is InChI=1S/C27H38BrN3O5S/c1-6-20(3)29-27(33)21(4)30(19-22-12-10-13-23(28)18-22)26(32)16-11-17-31(37(5,34)35)24-14-8-9-15-25(24)36-7-2/h8-10,12-15,18,20-21H,6-7,11,16-17,19H2,1-5H3,(H,29,33)/t20-,21-/m1/s1. The van der Waals surface area contributed by atoms with Gasteiger partial charge in [-0.25, -0.2) is 8.42 Å². The Morgan fingerprint density at radius 2 is 1.78 bits per heavy atom. The van der Waals surface area contributed by atoms with E-state index < -0.39 is 16.1 Å². The zero-order valence-electron chi connectivity index (χ0n) is 22.2. The van der Waals surface area contributed by atoms with E-state index in [0.29, 0.717) is 18.0 Å². The predicted octanol–water partition coefficient (Wildman–Crippen LogP) is 4.73. The minimum Gasteiger partial charge on any atom is -0.492 e. The molecule has 0 bridgehead atoms. The van der Waals surface area contributed by atoms with Crippen LogP contribution in [0.5, 0.6) is 5.75 Å². The van der Waals surface area contributed by atoms with E-state index in [2.05, 4.69) is 21.2 Å². The second-order valence-electron chi connectivity index (χ2n) is 8.98. The largest absolute Gasteiger partial charge is 0.492 e. The highest BCUT2D eigenvalue weighted by atomic mass is 79.9. The molecule has 0 aromatic heterocycles. The highest BCUT2D eigenvalue weighted by Gasteiger charge is 2.27. The number of sulfonamides is 1. The molecule has 0 saturated heterocycles. The lowest BCUT2D eigenvalue weighted by Gasteiger charge is -2.30. The molecule has 204 valence electrons. The van der Waals surface area contributed by atoms with E-state index in [-0.39, 0.29) is 43.8 Å². The van der Waals surface area contributed by atoms with Crippen molar-refractivity contribution in [3.05, 3.63) is 58.6 Å². The molecule has 0 heterocycles. The Morgan fingerprint density at radius 1 is 1.08 bits per heavy atom. The Hall–Kier alpha value is -2.59. The first-order chi connectivity index (χ1) is 17.5. The van der Waals surface area contributed by atoms with Crippen LogP contribution in [0, 0.1) is 0 Å². The van der Waals surface area contributed by atoms with Crippen molar-refractivity contribution in [3.63, 3.8) is 0 Å². The van der Waals surface area contributed by atoms with Gasteiger partial charge < -0.3 is 15.0 Å². The molecule has 0 aliphatic rings. The molecule has 0 saturated carbocycles.